The topological polar surface area (TPSA) is 101 Å². The third-order valence-electron chi connectivity index (χ3n) is 6.33. The quantitative estimate of drug-likeness (QED) is 0.325. The molecule has 8 nitrogen and oxygen atoms in total. The van der Waals surface area contributed by atoms with Gasteiger partial charge < -0.3 is 4.74 Å². The monoisotopic (exact) mass is 520 g/mol. The zero-order valence-corrected chi connectivity index (χ0v) is 21.6. The van der Waals surface area contributed by atoms with Crippen molar-refractivity contribution in [2.75, 3.05) is 11.5 Å². The molecule has 0 radical (unpaired) electrons. The molecule has 2 amide bonds. The largest absolute Gasteiger partial charge is 0.462 e. The Morgan fingerprint density at radius 2 is 1.62 bits per heavy atom. The number of imide groups is 1. The second-order valence-corrected chi connectivity index (χ2v) is 10.6. The molecule has 1 fully saturated rings. The standard InChI is InChI=1S/C28H28N2O6S/c1-4-36-28(33)22-12-14-23(15-13-22)29-26(31)18-25(27(29)32)30(20(3)21-8-6-5-7-9-21)37(34,35)24-16-10-19(2)11-17-24/h5-17,20,25H,4,18H2,1-3H3. The zero-order valence-electron chi connectivity index (χ0n) is 20.8. The number of anilines is 1. The molecular formula is C28H28N2O6S. The number of ether oxygens (including phenoxy) is 1. The number of sulfonamides is 1. The number of carbonyl (C=O) groups excluding carboxylic acids is 3. The first-order valence-corrected chi connectivity index (χ1v) is 13.4. The summed E-state index contributed by atoms with van der Waals surface area (Å²) in [5.74, 6) is -1.69. The minimum absolute atomic E-state index is 0.0402. The molecule has 2 unspecified atom stereocenters. The fourth-order valence-electron chi connectivity index (χ4n) is 4.40. The van der Waals surface area contributed by atoms with Gasteiger partial charge in [-0.2, -0.15) is 4.31 Å². The number of hydrogen-bond acceptors (Lipinski definition) is 6. The van der Waals surface area contributed by atoms with Crippen molar-refractivity contribution in [3.05, 3.63) is 95.6 Å². The summed E-state index contributed by atoms with van der Waals surface area (Å²) in [6.07, 6.45) is -0.305. The highest BCUT2D eigenvalue weighted by Crippen LogP contribution is 2.35. The Morgan fingerprint density at radius 1 is 1.00 bits per heavy atom. The fourth-order valence-corrected chi connectivity index (χ4v) is 6.16. The van der Waals surface area contributed by atoms with Gasteiger partial charge in [0.1, 0.15) is 6.04 Å². The van der Waals surface area contributed by atoms with E-state index in [1.807, 2.05) is 13.0 Å². The molecule has 0 bridgehead atoms. The SMILES string of the molecule is CCOC(=O)c1ccc(N2C(=O)CC(N(C(C)c3ccccc3)S(=O)(=O)c3ccc(C)cc3)C2=O)cc1. The molecular weight excluding hydrogens is 492 g/mol. The lowest BCUT2D eigenvalue weighted by molar-refractivity contribution is -0.122. The summed E-state index contributed by atoms with van der Waals surface area (Å²) >= 11 is 0. The van der Waals surface area contributed by atoms with Crippen molar-refractivity contribution in [2.45, 2.75) is 44.2 Å². The average Bonchev–Trinajstić information content (AvgIpc) is 3.18. The van der Waals surface area contributed by atoms with Gasteiger partial charge in [-0.1, -0.05) is 48.0 Å². The number of nitrogens with zero attached hydrogens (tertiary/aromatic N) is 2. The maximum Gasteiger partial charge on any atom is 0.338 e. The zero-order chi connectivity index (χ0) is 26.7. The normalized spacial score (nSPS) is 16.8. The molecule has 0 aromatic heterocycles. The van der Waals surface area contributed by atoms with E-state index in [9.17, 15) is 22.8 Å². The lowest BCUT2D eigenvalue weighted by Crippen LogP contribution is -2.46. The summed E-state index contributed by atoms with van der Waals surface area (Å²) < 4.78 is 33.9. The van der Waals surface area contributed by atoms with Crippen LogP contribution in [0.5, 0.6) is 0 Å². The number of carbonyl (C=O) groups is 3. The van der Waals surface area contributed by atoms with Crippen LogP contribution < -0.4 is 4.90 Å². The Balaban J connectivity index is 1.73. The van der Waals surface area contributed by atoms with Gasteiger partial charge in [-0.25, -0.2) is 18.1 Å². The van der Waals surface area contributed by atoms with Gasteiger partial charge in [-0.3, -0.25) is 9.59 Å². The van der Waals surface area contributed by atoms with Crippen LogP contribution in [-0.4, -0.2) is 43.2 Å². The van der Waals surface area contributed by atoms with Gasteiger partial charge in [0.05, 0.1) is 29.2 Å². The fraction of sp³-hybridized carbons (Fsp3) is 0.250. The maximum atomic E-state index is 13.9. The smallest absolute Gasteiger partial charge is 0.338 e. The molecule has 192 valence electrons. The molecule has 4 rings (SSSR count). The van der Waals surface area contributed by atoms with Crippen LogP contribution in [0.3, 0.4) is 0 Å². The lowest BCUT2D eigenvalue weighted by atomic mass is 10.1. The first-order valence-electron chi connectivity index (χ1n) is 11.9. The highest BCUT2D eigenvalue weighted by atomic mass is 32.2. The van der Waals surface area contributed by atoms with Crippen molar-refractivity contribution < 1.29 is 27.5 Å². The highest BCUT2D eigenvalue weighted by molar-refractivity contribution is 7.89. The third-order valence-corrected chi connectivity index (χ3v) is 8.32. The summed E-state index contributed by atoms with van der Waals surface area (Å²) in [6.45, 7) is 5.47. The van der Waals surface area contributed by atoms with Crippen molar-refractivity contribution in [2.24, 2.45) is 0 Å². The van der Waals surface area contributed by atoms with Crippen LogP contribution >= 0.6 is 0 Å². The number of hydrogen-bond donors (Lipinski definition) is 0. The Morgan fingerprint density at radius 3 is 2.22 bits per heavy atom. The summed E-state index contributed by atoms with van der Waals surface area (Å²) in [5.41, 5.74) is 2.12. The van der Waals surface area contributed by atoms with Crippen molar-refractivity contribution in [1.82, 2.24) is 4.31 Å². The first-order chi connectivity index (χ1) is 17.6. The summed E-state index contributed by atoms with van der Waals surface area (Å²) in [6, 6.07) is 19.3. The van der Waals surface area contributed by atoms with E-state index in [0.717, 1.165) is 14.8 Å². The first kappa shape index (κ1) is 26.2. The van der Waals surface area contributed by atoms with Crippen LogP contribution in [0.25, 0.3) is 0 Å². The van der Waals surface area contributed by atoms with Crippen LogP contribution in [0, 0.1) is 6.92 Å². The van der Waals surface area contributed by atoms with Crippen molar-refractivity contribution >= 4 is 33.5 Å². The summed E-state index contributed by atoms with van der Waals surface area (Å²) in [7, 11) is -4.16. The highest BCUT2D eigenvalue weighted by Gasteiger charge is 2.48. The van der Waals surface area contributed by atoms with E-state index in [1.54, 1.807) is 50.2 Å². The second-order valence-electron chi connectivity index (χ2n) is 8.79. The van der Waals surface area contributed by atoms with Gasteiger partial charge >= 0.3 is 5.97 Å². The molecule has 0 saturated carbocycles. The summed E-state index contributed by atoms with van der Waals surface area (Å²) in [5, 5.41) is 0. The van der Waals surface area contributed by atoms with Gasteiger partial charge in [0, 0.05) is 6.04 Å². The average molecular weight is 521 g/mol. The van der Waals surface area contributed by atoms with Gasteiger partial charge in [0.2, 0.25) is 15.9 Å². The molecule has 0 spiro atoms. The number of aryl methyl sites for hydroxylation is 1. The molecule has 1 saturated heterocycles. The minimum Gasteiger partial charge on any atom is -0.462 e. The van der Waals surface area contributed by atoms with E-state index in [0.29, 0.717) is 5.56 Å². The van der Waals surface area contributed by atoms with Crippen LogP contribution in [-0.2, 0) is 24.3 Å². The third kappa shape index (κ3) is 5.19. The molecule has 1 aliphatic heterocycles. The second kappa shape index (κ2) is 10.7. The maximum absolute atomic E-state index is 13.9. The van der Waals surface area contributed by atoms with Crippen LogP contribution in [0.2, 0.25) is 0 Å². The van der Waals surface area contributed by atoms with Crippen molar-refractivity contribution in [3.63, 3.8) is 0 Å². The Kier molecular flexibility index (Phi) is 7.56. The Hall–Kier alpha value is -3.82. The van der Waals surface area contributed by atoms with E-state index < -0.39 is 39.9 Å². The van der Waals surface area contributed by atoms with Crippen LogP contribution in [0.4, 0.5) is 5.69 Å². The molecule has 1 heterocycles. The van der Waals surface area contributed by atoms with E-state index >= 15 is 0 Å². The van der Waals surface area contributed by atoms with E-state index in [-0.39, 0.29) is 29.2 Å². The van der Waals surface area contributed by atoms with Crippen LogP contribution in [0.1, 0.15) is 47.8 Å². The predicted octanol–water partition coefficient (Wildman–Crippen LogP) is 4.26. The van der Waals surface area contributed by atoms with Crippen LogP contribution in [0.15, 0.2) is 83.8 Å². The number of rotatable bonds is 8. The van der Waals surface area contributed by atoms with E-state index in [2.05, 4.69) is 0 Å². The van der Waals surface area contributed by atoms with Crippen molar-refractivity contribution in [3.8, 4) is 0 Å². The number of amides is 2. The van der Waals surface area contributed by atoms with Gasteiger partial charge in [-0.05, 0) is 62.7 Å². The van der Waals surface area contributed by atoms with Gasteiger partial charge in [-0.15, -0.1) is 0 Å². The molecule has 9 heteroatoms. The Labute approximate surface area is 216 Å². The molecule has 1 aliphatic rings. The molecule has 37 heavy (non-hydrogen) atoms. The molecule has 3 aromatic rings. The van der Waals surface area contributed by atoms with Gasteiger partial charge in [0.25, 0.3) is 5.91 Å². The van der Waals surface area contributed by atoms with E-state index in [1.165, 1.54) is 36.4 Å². The van der Waals surface area contributed by atoms with Crippen molar-refractivity contribution in [1.29, 1.82) is 0 Å². The molecule has 0 aliphatic carbocycles. The summed E-state index contributed by atoms with van der Waals surface area (Å²) in [4.78, 5) is 39.7. The van der Waals surface area contributed by atoms with E-state index in [4.69, 9.17) is 4.74 Å². The minimum atomic E-state index is -4.16. The van der Waals surface area contributed by atoms with Gasteiger partial charge in [0.15, 0.2) is 0 Å². The molecule has 3 aromatic carbocycles. The molecule has 0 N–H and O–H groups in total. The number of esters is 1. The number of benzene rings is 3. The lowest BCUT2D eigenvalue weighted by Gasteiger charge is -2.32. The molecule has 2 atom stereocenters. The predicted molar refractivity (Wildman–Crippen MR) is 138 cm³/mol. The Bertz CT molecular complexity index is 1400.